The lowest BCUT2D eigenvalue weighted by molar-refractivity contribution is 1.21. The van der Waals surface area contributed by atoms with Crippen molar-refractivity contribution in [2.45, 2.75) is 6.42 Å². The summed E-state index contributed by atoms with van der Waals surface area (Å²) in [6.07, 6.45) is 1.03. The molecule has 0 aliphatic rings. The molecule has 84 valence electrons. The molecule has 0 saturated heterocycles. The predicted octanol–water partition coefficient (Wildman–Crippen LogP) is 5.07. The highest BCUT2D eigenvalue weighted by Crippen LogP contribution is 2.34. The second-order valence-electron chi connectivity index (χ2n) is 3.91. The summed E-state index contributed by atoms with van der Waals surface area (Å²) in [5.74, 6) is 0. The molecule has 2 heterocycles. The molecule has 1 aromatic carbocycles. The van der Waals surface area contributed by atoms with Crippen LogP contribution in [0, 0.1) is 0 Å². The maximum atomic E-state index is 2.24. The Balaban J connectivity index is 1.92. The van der Waals surface area contributed by atoms with Crippen molar-refractivity contribution in [1.82, 2.24) is 0 Å². The number of rotatable bonds is 3. The normalized spacial score (nSPS) is 10.6. The van der Waals surface area contributed by atoms with E-state index in [-0.39, 0.29) is 0 Å². The zero-order chi connectivity index (χ0) is 11.5. The van der Waals surface area contributed by atoms with Gasteiger partial charge in [0.15, 0.2) is 0 Å². The maximum Gasteiger partial charge on any atom is 0.0477 e. The smallest absolute Gasteiger partial charge is 0.0477 e. The van der Waals surface area contributed by atoms with Gasteiger partial charge in [-0.05, 0) is 40.4 Å². The van der Waals surface area contributed by atoms with Crippen LogP contribution in [0.25, 0.3) is 9.75 Å². The lowest BCUT2D eigenvalue weighted by atomic mass is 10.1. The molecule has 0 amide bonds. The number of thiophene rings is 2. The monoisotopic (exact) mass is 256 g/mol. The van der Waals surface area contributed by atoms with Crippen LogP contribution in [0.2, 0.25) is 0 Å². The zero-order valence-electron chi connectivity index (χ0n) is 9.30. The Morgan fingerprint density at radius 2 is 1.65 bits per heavy atom. The van der Waals surface area contributed by atoms with Crippen molar-refractivity contribution < 1.29 is 0 Å². The van der Waals surface area contributed by atoms with Crippen molar-refractivity contribution in [3.63, 3.8) is 0 Å². The van der Waals surface area contributed by atoms with E-state index in [1.54, 1.807) is 0 Å². The third-order valence-electron chi connectivity index (χ3n) is 2.73. The Bertz CT molecular complexity index is 576. The maximum absolute atomic E-state index is 2.24. The minimum atomic E-state index is 1.03. The standard InChI is InChI=1S/C15H12S2/c1-2-5-12(6-3-1)11-13-8-10-17-15(13)14-7-4-9-16-14/h1-10H,11H2. The molecule has 0 radical (unpaired) electrons. The van der Waals surface area contributed by atoms with Crippen LogP contribution in [-0.2, 0) is 6.42 Å². The van der Waals surface area contributed by atoms with E-state index in [9.17, 15) is 0 Å². The van der Waals surface area contributed by atoms with E-state index < -0.39 is 0 Å². The summed E-state index contributed by atoms with van der Waals surface area (Å²) in [4.78, 5) is 2.80. The highest BCUT2D eigenvalue weighted by molar-refractivity contribution is 7.20. The molecular weight excluding hydrogens is 244 g/mol. The zero-order valence-corrected chi connectivity index (χ0v) is 10.9. The molecular formula is C15H12S2. The van der Waals surface area contributed by atoms with E-state index in [0.717, 1.165) is 6.42 Å². The quantitative estimate of drug-likeness (QED) is 0.614. The molecule has 0 atom stereocenters. The molecule has 2 aromatic heterocycles. The van der Waals surface area contributed by atoms with Crippen LogP contribution in [0.15, 0.2) is 59.3 Å². The van der Waals surface area contributed by atoms with Crippen LogP contribution in [0.4, 0.5) is 0 Å². The molecule has 17 heavy (non-hydrogen) atoms. The molecule has 0 bridgehead atoms. The van der Waals surface area contributed by atoms with Crippen LogP contribution in [0.5, 0.6) is 0 Å². The summed E-state index contributed by atoms with van der Waals surface area (Å²) in [6.45, 7) is 0. The summed E-state index contributed by atoms with van der Waals surface area (Å²) < 4.78 is 0. The summed E-state index contributed by atoms with van der Waals surface area (Å²) in [5, 5.41) is 4.33. The van der Waals surface area contributed by atoms with Crippen molar-refractivity contribution in [2.75, 3.05) is 0 Å². The molecule has 0 saturated carbocycles. The summed E-state index contributed by atoms with van der Waals surface area (Å²) in [5.41, 5.74) is 2.81. The highest BCUT2D eigenvalue weighted by Gasteiger charge is 2.08. The van der Waals surface area contributed by atoms with Crippen LogP contribution in [0.3, 0.4) is 0 Å². The fourth-order valence-electron chi connectivity index (χ4n) is 1.91. The minimum Gasteiger partial charge on any atom is -0.143 e. The number of hydrogen-bond donors (Lipinski definition) is 0. The third kappa shape index (κ3) is 2.33. The lowest BCUT2D eigenvalue weighted by Gasteiger charge is -2.02. The summed E-state index contributed by atoms with van der Waals surface area (Å²) >= 11 is 3.65. The summed E-state index contributed by atoms with van der Waals surface area (Å²) in [6, 6.07) is 17.2. The van der Waals surface area contributed by atoms with Crippen LogP contribution < -0.4 is 0 Å². The number of benzene rings is 1. The molecule has 0 N–H and O–H groups in total. The van der Waals surface area contributed by atoms with Crippen molar-refractivity contribution >= 4 is 22.7 Å². The Hall–Kier alpha value is -1.38. The van der Waals surface area contributed by atoms with Crippen LogP contribution >= 0.6 is 22.7 Å². The highest BCUT2D eigenvalue weighted by atomic mass is 32.1. The summed E-state index contributed by atoms with van der Waals surface area (Å²) in [7, 11) is 0. The Morgan fingerprint density at radius 3 is 2.41 bits per heavy atom. The fourth-order valence-corrected chi connectivity index (χ4v) is 3.75. The van der Waals surface area contributed by atoms with Crippen molar-refractivity contribution in [3.05, 3.63) is 70.4 Å². The van der Waals surface area contributed by atoms with Gasteiger partial charge in [-0.2, -0.15) is 0 Å². The van der Waals surface area contributed by atoms with Crippen molar-refractivity contribution in [2.24, 2.45) is 0 Å². The second-order valence-corrected chi connectivity index (χ2v) is 5.78. The van der Waals surface area contributed by atoms with Gasteiger partial charge in [0.1, 0.15) is 0 Å². The Morgan fingerprint density at radius 1 is 0.765 bits per heavy atom. The van der Waals surface area contributed by atoms with E-state index in [1.165, 1.54) is 20.9 Å². The first-order chi connectivity index (χ1) is 8.43. The average Bonchev–Trinajstić information content (AvgIpc) is 3.00. The molecule has 3 rings (SSSR count). The van der Waals surface area contributed by atoms with Gasteiger partial charge in [0.25, 0.3) is 0 Å². The van der Waals surface area contributed by atoms with E-state index in [2.05, 4.69) is 59.3 Å². The lowest BCUT2D eigenvalue weighted by Crippen LogP contribution is -1.86. The third-order valence-corrected chi connectivity index (χ3v) is 4.74. The van der Waals surface area contributed by atoms with Crippen LogP contribution in [0.1, 0.15) is 11.1 Å². The van der Waals surface area contributed by atoms with Crippen molar-refractivity contribution in [1.29, 1.82) is 0 Å². The van der Waals surface area contributed by atoms with Crippen molar-refractivity contribution in [3.8, 4) is 9.75 Å². The second kappa shape index (κ2) is 4.86. The van der Waals surface area contributed by atoms with Crippen LogP contribution in [-0.4, -0.2) is 0 Å². The Kier molecular flexibility index (Phi) is 3.08. The average molecular weight is 256 g/mol. The van der Waals surface area contributed by atoms with Gasteiger partial charge in [-0.15, -0.1) is 22.7 Å². The van der Waals surface area contributed by atoms with E-state index >= 15 is 0 Å². The van der Waals surface area contributed by atoms with Gasteiger partial charge in [0.05, 0.1) is 0 Å². The first-order valence-electron chi connectivity index (χ1n) is 5.57. The van der Waals surface area contributed by atoms with E-state index in [4.69, 9.17) is 0 Å². The molecule has 2 heteroatoms. The van der Waals surface area contributed by atoms with Gasteiger partial charge in [-0.25, -0.2) is 0 Å². The Labute approximate surface area is 109 Å². The number of hydrogen-bond acceptors (Lipinski definition) is 2. The van der Waals surface area contributed by atoms with E-state index in [1.807, 2.05) is 22.7 Å². The largest absolute Gasteiger partial charge is 0.143 e. The van der Waals surface area contributed by atoms with Gasteiger partial charge in [0.2, 0.25) is 0 Å². The van der Waals surface area contributed by atoms with Gasteiger partial charge >= 0.3 is 0 Å². The molecule has 0 aliphatic heterocycles. The first-order valence-corrected chi connectivity index (χ1v) is 7.33. The molecule has 0 nitrogen and oxygen atoms in total. The van der Waals surface area contributed by atoms with Gasteiger partial charge in [0, 0.05) is 9.75 Å². The molecule has 0 unspecified atom stereocenters. The molecule has 0 spiro atoms. The fraction of sp³-hybridized carbons (Fsp3) is 0.0667. The van der Waals surface area contributed by atoms with Gasteiger partial charge < -0.3 is 0 Å². The molecule has 0 fully saturated rings. The predicted molar refractivity (Wildman–Crippen MR) is 76.9 cm³/mol. The van der Waals surface area contributed by atoms with Gasteiger partial charge in [-0.3, -0.25) is 0 Å². The SMILES string of the molecule is c1ccc(Cc2ccsc2-c2cccs2)cc1. The van der Waals surface area contributed by atoms with E-state index in [0.29, 0.717) is 0 Å². The van der Waals surface area contributed by atoms with Gasteiger partial charge in [-0.1, -0.05) is 36.4 Å². The topological polar surface area (TPSA) is 0 Å². The minimum absolute atomic E-state index is 1.03. The first kappa shape index (κ1) is 10.8. The molecule has 3 aromatic rings. The molecule has 0 aliphatic carbocycles.